The summed E-state index contributed by atoms with van der Waals surface area (Å²) in [5.74, 6) is 18.0. The third kappa shape index (κ3) is 4.66. The molecule has 0 N–H and O–H groups in total. The fourth-order valence-corrected chi connectivity index (χ4v) is 21.2. The van der Waals surface area contributed by atoms with Crippen LogP contribution in [0.1, 0.15) is 78.1 Å². The molecule has 0 heterocycles. The highest BCUT2D eigenvalue weighted by Gasteiger charge is 2.70. The summed E-state index contributed by atoms with van der Waals surface area (Å²) in [6.07, 6.45) is 16.9. The third-order valence-corrected chi connectivity index (χ3v) is 22.0. The maximum Gasteiger partial charge on any atom is 0.309 e. The van der Waals surface area contributed by atoms with Crippen molar-refractivity contribution in [3.63, 3.8) is 0 Å². The highest BCUT2D eigenvalue weighted by atomic mass is 32.2. The van der Waals surface area contributed by atoms with Crippen LogP contribution in [0.15, 0.2) is 0 Å². The van der Waals surface area contributed by atoms with E-state index in [0.717, 1.165) is 122 Å². The van der Waals surface area contributed by atoms with Gasteiger partial charge in [-0.25, -0.2) is 0 Å². The second kappa shape index (κ2) is 11.8. The number of thioether (sulfide) groups is 4. The molecule has 0 saturated heterocycles. The van der Waals surface area contributed by atoms with Gasteiger partial charge in [0.15, 0.2) is 5.12 Å². The molecule has 0 spiro atoms. The van der Waals surface area contributed by atoms with Crippen LogP contribution in [0.5, 0.6) is 0 Å². The van der Waals surface area contributed by atoms with Gasteiger partial charge >= 0.3 is 5.97 Å². The summed E-state index contributed by atoms with van der Waals surface area (Å²) in [6, 6.07) is 0. The molecule has 254 valence electrons. The van der Waals surface area contributed by atoms with Crippen molar-refractivity contribution in [1.29, 1.82) is 0 Å². The molecule has 10 aliphatic carbocycles. The van der Waals surface area contributed by atoms with E-state index in [4.69, 9.17) is 4.74 Å². The lowest BCUT2D eigenvalue weighted by Crippen LogP contribution is -2.39. The number of carbonyl (C=O) groups excluding carboxylic acids is 2. The Balaban J connectivity index is 0.663. The van der Waals surface area contributed by atoms with E-state index in [0.29, 0.717) is 17.0 Å². The largest absolute Gasteiger partial charge is 0.465 e. The first kappa shape index (κ1) is 31.3. The Morgan fingerprint density at radius 2 is 1.17 bits per heavy atom. The predicted octanol–water partition coefficient (Wildman–Crippen LogP) is 8.65. The Hall–Kier alpha value is 0.540. The summed E-state index contributed by atoms with van der Waals surface area (Å²) in [5, 5.41) is 3.47. The molecule has 0 radical (unpaired) electrons. The van der Waals surface area contributed by atoms with Gasteiger partial charge in [-0.1, -0.05) is 18.7 Å². The Bertz CT molecular complexity index is 1240. The lowest BCUT2D eigenvalue weighted by molar-refractivity contribution is -0.146. The van der Waals surface area contributed by atoms with Gasteiger partial charge in [0.05, 0.1) is 5.92 Å². The number of hydrogen-bond donors (Lipinski definition) is 0. The maximum atomic E-state index is 13.0. The van der Waals surface area contributed by atoms with Crippen molar-refractivity contribution >= 4 is 58.1 Å². The van der Waals surface area contributed by atoms with Crippen molar-refractivity contribution in [3.8, 4) is 0 Å². The zero-order valence-electron chi connectivity index (χ0n) is 28.2. The number of fused-ring (bicyclic) bond motifs is 24. The molecule has 0 aliphatic heterocycles. The molecule has 10 rings (SSSR count). The van der Waals surface area contributed by atoms with Gasteiger partial charge in [-0.2, -0.15) is 35.3 Å². The number of ether oxygens (including phenoxy) is 1. The van der Waals surface area contributed by atoms with Gasteiger partial charge in [0.25, 0.3) is 0 Å². The lowest BCUT2D eigenvalue weighted by Gasteiger charge is -2.43. The number of hydrogen-bond acceptors (Lipinski definition) is 7. The van der Waals surface area contributed by atoms with Crippen molar-refractivity contribution in [2.24, 2.45) is 101 Å². The predicted molar refractivity (Wildman–Crippen MR) is 194 cm³/mol. The first-order chi connectivity index (χ1) is 22.4. The minimum atomic E-state index is 0.0198. The van der Waals surface area contributed by atoms with Gasteiger partial charge in [-0.05, 0) is 165 Å². The van der Waals surface area contributed by atoms with Crippen molar-refractivity contribution in [2.75, 3.05) is 24.4 Å². The molecule has 7 heteroatoms. The second-order valence-electron chi connectivity index (χ2n) is 18.3. The fraction of sp³-hybridized carbons (Fsp3) is 0.949. The topological polar surface area (TPSA) is 43.4 Å². The van der Waals surface area contributed by atoms with Crippen LogP contribution >= 0.6 is 47.0 Å². The van der Waals surface area contributed by atoms with Crippen LogP contribution in [-0.4, -0.2) is 56.5 Å². The Morgan fingerprint density at radius 1 is 0.630 bits per heavy atom. The first-order valence-electron chi connectivity index (χ1n) is 19.5. The van der Waals surface area contributed by atoms with Crippen molar-refractivity contribution in [3.05, 3.63) is 0 Å². The molecule has 10 saturated carbocycles. The lowest BCUT2D eigenvalue weighted by atomic mass is 9.64. The fourth-order valence-electron chi connectivity index (χ4n) is 16.2. The number of rotatable bonds is 10. The van der Waals surface area contributed by atoms with E-state index in [9.17, 15) is 9.59 Å². The van der Waals surface area contributed by atoms with Crippen LogP contribution in [0.2, 0.25) is 0 Å². The molecular formula is C39H56O3S4. The van der Waals surface area contributed by atoms with Crippen LogP contribution in [0.25, 0.3) is 0 Å². The first-order valence-corrected chi connectivity index (χ1v) is 23.7. The molecule has 10 aliphatic rings. The maximum absolute atomic E-state index is 13.0. The van der Waals surface area contributed by atoms with E-state index >= 15 is 0 Å². The Kier molecular flexibility index (Phi) is 8.02. The van der Waals surface area contributed by atoms with E-state index in [1.165, 1.54) is 51.4 Å². The molecule has 0 aromatic heterocycles. The monoisotopic (exact) mass is 700 g/mol. The second-order valence-corrected chi connectivity index (χ2v) is 23.5. The summed E-state index contributed by atoms with van der Waals surface area (Å²) in [4.78, 5) is 24.8. The highest BCUT2D eigenvalue weighted by Crippen LogP contribution is 2.75. The van der Waals surface area contributed by atoms with Crippen molar-refractivity contribution in [2.45, 2.75) is 99.1 Å². The van der Waals surface area contributed by atoms with Gasteiger partial charge in [0.1, 0.15) is 6.61 Å². The minimum Gasteiger partial charge on any atom is -0.465 e. The average molecular weight is 701 g/mol. The van der Waals surface area contributed by atoms with Gasteiger partial charge in [0, 0.05) is 39.4 Å². The molecule has 21 atom stereocenters. The van der Waals surface area contributed by atoms with E-state index in [-0.39, 0.29) is 11.9 Å². The average Bonchev–Trinajstić information content (AvgIpc) is 3.87. The Labute approximate surface area is 294 Å². The summed E-state index contributed by atoms with van der Waals surface area (Å²) < 4.78 is 5.91. The van der Waals surface area contributed by atoms with Crippen molar-refractivity contribution < 1.29 is 14.3 Å². The number of carbonyl (C=O) groups is 2. The van der Waals surface area contributed by atoms with Gasteiger partial charge in [-0.3, -0.25) is 9.59 Å². The van der Waals surface area contributed by atoms with Gasteiger partial charge in [0.2, 0.25) is 0 Å². The van der Waals surface area contributed by atoms with Crippen LogP contribution in [0.3, 0.4) is 0 Å². The molecule has 0 amide bonds. The summed E-state index contributed by atoms with van der Waals surface area (Å²) >= 11 is 8.09. The van der Waals surface area contributed by atoms with Crippen LogP contribution in [0.4, 0.5) is 0 Å². The van der Waals surface area contributed by atoms with Crippen molar-refractivity contribution in [1.82, 2.24) is 0 Å². The third-order valence-electron chi connectivity index (χ3n) is 16.9. The van der Waals surface area contributed by atoms with E-state index in [1.54, 1.807) is 31.5 Å². The zero-order valence-corrected chi connectivity index (χ0v) is 31.4. The van der Waals surface area contributed by atoms with Gasteiger partial charge < -0.3 is 4.74 Å². The smallest absolute Gasteiger partial charge is 0.309 e. The number of esters is 1. The van der Waals surface area contributed by atoms with Crippen LogP contribution < -0.4 is 0 Å². The Morgan fingerprint density at radius 3 is 1.76 bits per heavy atom. The van der Waals surface area contributed by atoms with Crippen LogP contribution in [-0.2, 0) is 14.3 Å². The SMILES string of the molecule is CSC1CC2CC1C1C3CC(C4CC(SCC(C)C(=O)OCCSC5CC6CC5C5C7CC(C8CC(SC(C)=O)CC87)C65)CC43)C21. The van der Waals surface area contributed by atoms with E-state index in [1.807, 2.05) is 0 Å². The quantitative estimate of drug-likeness (QED) is 0.128. The molecule has 21 unspecified atom stereocenters. The molecule has 46 heavy (non-hydrogen) atoms. The standard InChI is InChI=1S/C39H56O3S4/c1-17(16-45-21-10-23-24(11-21)29-14-27(23)35-19-6-31(37(29)35)33(8-19)43-3)39(41)42-4-5-44-34-9-20-7-32(34)38-30-15-28(36(20)38)25-12-22(13-26(25)30)46-18(2)40/h17,19-38H,4-16H2,1-3H3. The zero-order chi connectivity index (χ0) is 31.0. The van der Waals surface area contributed by atoms with Gasteiger partial charge in [-0.15, -0.1) is 0 Å². The molecule has 0 aromatic carbocycles. The molecule has 0 aromatic rings. The summed E-state index contributed by atoms with van der Waals surface area (Å²) in [7, 11) is 0. The normalized spacial score (nSPS) is 56.4. The molecule has 10 fully saturated rings. The van der Waals surface area contributed by atoms with E-state index in [2.05, 4.69) is 48.5 Å². The summed E-state index contributed by atoms with van der Waals surface area (Å²) in [6.45, 7) is 4.48. The molecular weight excluding hydrogens is 645 g/mol. The highest BCUT2D eigenvalue weighted by molar-refractivity contribution is 8.14. The van der Waals surface area contributed by atoms with E-state index < -0.39 is 0 Å². The summed E-state index contributed by atoms with van der Waals surface area (Å²) in [5.41, 5.74) is 0. The molecule has 8 bridgehead atoms. The van der Waals surface area contributed by atoms with Crippen LogP contribution in [0, 0.1) is 101 Å². The molecule has 3 nitrogen and oxygen atoms in total. The minimum absolute atomic E-state index is 0.0198.